The third-order valence-electron chi connectivity index (χ3n) is 5.05. The van der Waals surface area contributed by atoms with Crippen LogP contribution in [0.25, 0.3) is 11.3 Å². The number of nitrogens with two attached hydrogens (primary N) is 1. The van der Waals surface area contributed by atoms with E-state index in [1.165, 1.54) is 5.56 Å². The summed E-state index contributed by atoms with van der Waals surface area (Å²) in [5.41, 5.74) is 9.61. The van der Waals surface area contributed by atoms with Crippen molar-refractivity contribution in [2.75, 3.05) is 19.3 Å². The van der Waals surface area contributed by atoms with Crippen LogP contribution in [-0.2, 0) is 6.54 Å². The molecule has 0 amide bonds. The molecule has 0 bridgehead atoms. The molecule has 132 valence electrons. The number of hydrogen-bond acceptors (Lipinski definition) is 4. The second kappa shape index (κ2) is 6.84. The molecule has 0 spiro atoms. The molecule has 0 fully saturated rings. The van der Waals surface area contributed by atoms with E-state index in [1.807, 2.05) is 37.4 Å². The highest BCUT2D eigenvalue weighted by molar-refractivity contribution is 5.63. The molecule has 4 rings (SSSR count). The number of halogens is 1. The molecule has 0 saturated carbocycles. The lowest BCUT2D eigenvalue weighted by atomic mass is 9.85. The summed E-state index contributed by atoms with van der Waals surface area (Å²) in [4.78, 5) is 2.17. The van der Waals surface area contributed by atoms with Gasteiger partial charge in [0.1, 0.15) is 11.6 Å². The van der Waals surface area contributed by atoms with Crippen molar-refractivity contribution in [2.45, 2.75) is 18.9 Å². The molecular weight excluding hydrogens is 327 g/mol. The number of benzene rings is 2. The standard InChI is InChI=1S/C21H21FN4/c1-26-12-11-15(14-5-3-2-4-6-14)16-7-8-17(21(22)18(16)13-26)19-9-10-20(23)25-24-19/h2-10,15H,11-13H2,1H3,(H2,23,25). The zero-order valence-corrected chi connectivity index (χ0v) is 14.7. The second-order valence-corrected chi connectivity index (χ2v) is 6.83. The number of nitrogen functional groups attached to an aromatic ring is 1. The number of hydrogen-bond donors (Lipinski definition) is 1. The number of anilines is 1. The fraction of sp³-hybridized carbons (Fsp3) is 0.238. The molecule has 1 aliphatic rings. The molecule has 0 radical (unpaired) electrons. The Balaban J connectivity index is 1.84. The van der Waals surface area contributed by atoms with Crippen molar-refractivity contribution < 1.29 is 4.39 Å². The van der Waals surface area contributed by atoms with Crippen LogP contribution in [0, 0.1) is 5.82 Å². The van der Waals surface area contributed by atoms with E-state index in [1.54, 1.807) is 12.1 Å². The van der Waals surface area contributed by atoms with E-state index >= 15 is 4.39 Å². The minimum Gasteiger partial charge on any atom is -0.382 e. The first-order valence-corrected chi connectivity index (χ1v) is 8.78. The predicted molar refractivity (Wildman–Crippen MR) is 101 cm³/mol. The van der Waals surface area contributed by atoms with Crippen molar-refractivity contribution in [3.63, 3.8) is 0 Å². The number of nitrogens with zero attached hydrogens (tertiary/aromatic N) is 3. The molecule has 0 aliphatic carbocycles. The molecule has 2 N–H and O–H groups in total. The molecule has 0 saturated heterocycles. The summed E-state index contributed by atoms with van der Waals surface area (Å²) in [5, 5.41) is 7.90. The van der Waals surface area contributed by atoms with Gasteiger partial charge in [-0.05, 0) is 49.3 Å². The Hall–Kier alpha value is -2.79. The maximum absolute atomic E-state index is 15.5. The van der Waals surface area contributed by atoms with Gasteiger partial charge in [-0.25, -0.2) is 4.39 Å². The maximum atomic E-state index is 15.5. The number of fused-ring (bicyclic) bond motifs is 1. The van der Waals surface area contributed by atoms with Crippen LogP contribution in [0.5, 0.6) is 0 Å². The molecule has 5 heteroatoms. The van der Waals surface area contributed by atoms with Crippen LogP contribution in [0.2, 0.25) is 0 Å². The first-order valence-electron chi connectivity index (χ1n) is 8.78. The Labute approximate surface area is 152 Å². The summed E-state index contributed by atoms with van der Waals surface area (Å²) in [5.74, 6) is 0.307. The fourth-order valence-corrected chi connectivity index (χ4v) is 3.69. The summed E-state index contributed by atoms with van der Waals surface area (Å²) >= 11 is 0. The molecule has 1 atom stereocenters. The average Bonchev–Trinajstić information content (AvgIpc) is 2.83. The van der Waals surface area contributed by atoms with Gasteiger partial charge in [0.2, 0.25) is 0 Å². The maximum Gasteiger partial charge on any atom is 0.146 e. The van der Waals surface area contributed by atoms with Gasteiger partial charge < -0.3 is 10.6 Å². The van der Waals surface area contributed by atoms with E-state index in [-0.39, 0.29) is 11.7 Å². The van der Waals surface area contributed by atoms with Gasteiger partial charge in [-0.1, -0.05) is 36.4 Å². The second-order valence-electron chi connectivity index (χ2n) is 6.83. The first kappa shape index (κ1) is 16.7. The summed E-state index contributed by atoms with van der Waals surface area (Å²) in [6, 6.07) is 17.5. The molecule has 1 aliphatic heterocycles. The van der Waals surface area contributed by atoms with Crippen LogP contribution >= 0.6 is 0 Å². The Morgan fingerprint density at radius 1 is 1.04 bits per heavy atom. The number of rotatable bonds is 2. The van der Waals surface area contributed by atoms with E-state index < -0.39 is 0 Å². The topological polar surface area (TPSA) is 55.0 Å². The molecule has 4 nitrogen and oxygen atoms in total. The molecule has 1 unspecified atom stereocenters. The van der Waals surface area contributed by atoms with Crippen molar-refractivity contribution in [2.24, 2.45) is 0 Å². The van der Waals surface area contributed by atoms with Gasteiger partial charge in [0, 0.05) is 23.6 Å². The van der Waals surface area contributed by atoms with Crippen molar-refractivity contribution in [3.8, 4) is 11.3 Å². The Morgan fingerprint density at radius 2 is 1.85 bits per heavy atom. The van der Waals surface area contributed by atoms with Crippen molar-refractivity contribution in [1.29, 1.82) is 0 Å². The van der Waals surface area contributed by atoms with Crippen molar-refractivity contribution in [1.82, 2.24) is 15.1 Å². The molecule has 3 aromatic rings. The summed E-state index contributed by atoms with van der Waals surface area (Å²) in [7, 11) is 2.03. The van der Waals surface area contributed by atoms with Gasteiger partial charge in [-0.3, -0.25) is 0 Å². The molecule has 1 aromatic heterocycles. The lowest BCUT2D eigenvalue weighted by Crippen LogP contribution is -2.18. The van der Waals surface area contributed by atoms with Gasteiger partial charge in [-0.2, -0.15) is 0 Å². The fourth-order valence-electron chi connectivity index (χ4n) is 3.69. The highest BCUT2D eigenvalue weighted by Crippen LogP contribution is 2.37. The molecule has 2 aromatic carbocycles. The minimum atomic E-state index is -0.212. The SMILES string of the molecule is CN1CCC(c2ccccc2)c2ccc(-c3ccc(N)nn3)c(F)c2C1. The average molecular weight is 348 g/mol. The van der Waals surface area contributed by atoms with Crippen molar-refractivity contribution in [3.05, 3.63) is 77.1 Å². The number of aromatic nitrogens is 2. The molecular formula is C21H21FN4. The van der Waals surface area contributed by atoms with Crippen LogP contribution < -0.4 is 5.73 Å². The van der Waals surface area contributed by atoms with E-state index in [4.69, 9.17) is 5.73 Å². The summed E-state index contributed by atoms with van der Waals surface area (Å²) in [6.07, 6.45) is 0.966. The monoisotopic (exact) mass is 348 g/mol. The Kier molecular flexibility index (Phi) is 4.39. The Morgan fingerprint density at radius 3 is 2.58 bits per heavy atom. The van der Waals surface area contributed by atoms with E-state index in [9.17, 15) is 0 Å². The lowest BCUT2D eigenvalue weighted by molar-refractivity contribution is 0.324. The van der Waals surface area contributed by atoms with Crippen LogP contribution in [0.15, 0.2) is 54.6 Å². The predicted octanol–water partition coefficient (Wildman–Crippen LogP) is 3.83. The van der Waals surface area contributed by atoms with Crippen molar-refractivity contribution >= 4 is 5.82 Å². The zero-order valence-electron chi connectivity index (χ0n) is 14.7. The molecule has 2 heterocycles. The highest BCUT2D eigenvalue weighted by Gasteiger charge is 2.26. The van der Waals surface area contributed by atoms with E-state index in [0.717, 1.165) is 24.1 Å². The Bertz CT molecular complexity index is 909. The van der Waals surface area contributed by atoms with Gasteiger partial charge in [-0.15, -0.1) is 10.2 Å². The van der Waals surface area contributed by atoms with Gasteiger partial charge in [0.25, 0.3) is 0 Å². The van der Waals surface area contributed by atoms with Crippen LogP contribution in [0.4, 0.5) is 10.2 Å². The van der Waals surface area contributed by atoms with Gasteiger partial charge >= 0.3 is 0 Å². The van der Waals surface area contributed by atoms with E-state index in [0.29, 0.717) is 23.6 Å². The van der Waals surface area contributed by atoms with Crippen LogP contribution in [0.3, 0.4) is 0 Å². The largest absolute Gasteiger partial charge is 0.382 e. The molecule has 26 heavy (non-hydrogen) atoms. The third kappa shape index (κ3) is 3.06. The van der Waals surface area contributed by atoms with E-state index in [2.05, 4.69) is 27.2 Å². The first-order chi connectivity index (χ1) is 12.6. The van der Waals surface area contributed by atoms with Gasteiger partial charge in [0.15, 0.2) is 0 Å². The normalized spacial score (nSPS) is 17.5. The van der Waals surface area contributed by atoms with Gasteiger partial charge in [0.05, 0.1) is 5.69 Å². The summed E-state index contributed by atoms with van der Waals surface area (Å²) in [6.45, 7) is 1.51. The summed E-state index contributed by atoms with van der Waals surface area (Å²) < 4.78 is 15.5. The third-order valence-corrected chi connectivity index (χ3v) is 5.05. The minimum absolute atomic E-state index is 0.192. The van der Waals surface area contributed by atoms with Crippen LogP contribution in [-0.4, -0.2) is 28.7 Å². The quantitative estimate of drug-likeness (QED) is 0.765. The smallest absolute Gasteiger partial charge is 0.146 e. The lowest BCUT2D eigenvalue weighted by Gasteiger charge is -2.19. The highest BCUT2D eigenvalue weighted by atomic mass is 19.1. The van der Waals surface area contributed by atoms with Crippen LogP contribution in [0.1, 0.15) is 29.0 Å². The zero-order chi connectivity index (χ0) is 18.1.